The van der Waals surface area contributed by atoms with Crippen molar-refractivity contribution in [2.24, 2.45) is 21.5 Å². The number of carbonyl (C=O) groups is 2. The van der Waals surface area contributed by atoms with Crippen LogP contribution >= 0.6 is 0 Å². The lowest BCUT2D eigenvalue weighted by molar-refractivity contribution is -0.117. The Morgan fingerprint density at radius 3 is 1.31 bits per heavy atom. The van der Waals surface area contributed by atoms with Crippen LogP contribution in [0.2, 0.25) is 0 Å². The zero-order valence-electron chi connectivity index (χ0n) is 9.17. The first-order chi connectivity index (χ1) is 7.40. The van der Waals surface area contributed by atoms with E-state index in [2.05, 4.69) is 9.98 Å². The van der Waals surface area contributed by atoms with Crippen LogP contribution in [0.5, 0.6) is 0 Å². The van der Waals surface area contributed by atoms with E-state index >= 15 is 0 Å². The van der Waals surface area contributed by atoms with Gasteiger partial charge in [0.05, 0.1) is 0 Å². The number of likely N-dealkylation sites (N-methyl/N-ethyl adjacent to an activating group) is 2. The standard InChI is InChI=1S/2C4H7N3O/c2*1-7-2-3(8)6-4(7)5/h2*2H2,1H3,(H2,5,6,8). The molecule has 0 aliphatic carbocycles. The fourth-order valence-electron chi connectivity index (χ4n) is 1.06. The molecule has 0 spiro atoms. The highest BCUT2D eigenvalue weighted by atomic mass is 16.2. The Hall–Kier alpha value is -2.12. The van der Waals surface area contributed by atoms with Gasteiger partial charge in [-0.3, -0.25) is 9.59 Å². The van der Waals surface area contributed by atoms with Crippen molar-refractivity contribution in [2.75, 3.05) is 27.2 Å². The highest BCUT2D eigenvalue weighted by Gasteiger charge is 2.15. The summed E-state index contributed by atoms with van der Waals surface area (Å²) in [6.07, 6.45) is 0. The van der Waals surface area contributed by atoms with Gasteiger partial charge in [-0.2, -0.15) is 9.98 Å². The van der Waals surface area contributed by atoms with Gasteiger partial charge in [0.15, 0.2) is 11.9 Å². The normalized spacial score (nSPS) is 19.4. The molecule has 16 heavy (non-hydrogen) atoms. The lowest BCUT2D eigenvalue weighted by Crippen LogP contribution is -2.29. The van der Waals surface area contributed by atoms with Crippen LogP contribution in [-0.2, 0) is 9.59 Å². The van der Waals surface area contributed by atoms with Crippen molar-refractivity contribution in [3.63, 3.8) is 0 Å². The quantitative estimate of drug-likeness (QED) is 0.473. The van der Waals surface area contributed by atoms with Crippen LogP contribution in [-0.4, -0.2) is 60.7 Å². The van der Waals surface area contributed by atoms with E-state index < -0.39 is 0 Å². The van der Waals surface area contributed by atoms with Crippen LogP contribution in [0.15, 0.2) is 9.98 Å². The van der Waals surface area contributed by atoms with Gasteiger partial charge in [-0.15, -0.1) is 0 Å². The molecule has 0 aromatic carbocycles. The Kier molecular flexibility index (Phi) is 3.44. The first-order valence-electron chi connectivity index (χ1n) is 4.56. The van der Waals surface area contributed by atoms with Crippen molar-refractivity contribution >= 4 is 23.7 Å². The van der Waals surface area contributed by atoms with Gasteiger partial charge >= 0.3 is 0 Å². The summed E-state index contributed by atoms with van der Waals surface area (Å²) >= 11 is 0. The van der Waals surface area contributed by atoms with Crippen molar-refractivity contribution in [1.29, 1.82) is 0 Å². The first-order valence-corrected chi connectivity index (χ1v) is 4.56. The van der Waals surface area contributed by atoms with Gasteiger partial charge < -0.3 is 21.3 Å². The van der Waals surface area contributed by atoms with Crippen LogP contribution in [0.4, 0.5) is 0 Å². The molecule has 0 saturated heterocycles. The first kappa shape index (κ1) is 12.0. The topological polar surface area (TPSA) is 117 Å². The average molecular weight is 226 g/mol. The number of amides is 2. The van der Waals surface area contributed by atoms with Crippen molar-refractivity contribution in [3.05, 3.63) is 0 Å². The van der Waals surface area contributed by atoms with E-state index in [0.717, 1.165) is 0 Å². The Balaban J connectivity index is 0.000000160. The second-order valence-corrected chi connectivity index (χ2v) is 3.44. The van der Waals surface area contributed by atoms with Crippen LogP contribution in [0.3, 0.4) is 0 Å². The number of hydrogen-bond acceptors (Lipinski definition) is 6. The summed E-state index contributed by atoms with van der Waals surface area (Å²) in [4.78, 5) is 30.8. The molecule has 0 aromatic heterocycles. The van der Waals surface area contributed by atoms with E-state index in [-0.39, 0.29) is 11.8 Å². The third-order valence-corrected chi connectivity index (χ3v) is 2.01. The number of carbonyl (C=O) groups excluding carboxylic acids is 2. The second-order valence-electron chi connectivity index (χ2n) is 3.44. The summed E-state index contributed by atoms with van der Waals surface area (Å²) in [5.41, 5.74) is 10.4. The monoisotopic (exact) mass is 226 g/mol. The zero-order chi connectivity index (χ0) is 12.3. The predicted octanol–water partition coefficient (Wildman–Crippen LogP) is -2.45. The maximum absolute atomic E-state index is 10.4. The molecule has 88 valence electrons. The molecule has 0 atom stereocenters. The molecule has 0 fully saturated rings. The van der Waals surface area contributed by atoms with E-state index in [4.69, 9.17) is 11.5 Å². The van der Waals surface area contributed by atoms with Crippen molar-refractivity contribution in [2.45, 2.75) is 0 Å². The number of hydrogen-bond donors (Lipinski definition) is 2. The van der Waals surface area contributed by atoms with E-state index in [9.17, 15) is 9.59 Å². The molecule has 8 nitrogen and oxygen atoms in total. The lowest BCUT2D eigenvalue weighted by Gasteiger charge is -2.05. The molecule has 0 radical (unpaired) electrons. The third kappa shape index (κ3) is 2.94. The molecule has 2 rings (SSSR count). The summed E-state index contributed by atoms with van der Waals surface area (Å²) in [7, 11) is 3.45. The molecule has 0 aromatic rings. The molecule has 8 heteroatoms. The SMILES string of the molecule is CN1CC(=O)N=C1N.CN1CC(=O)N=C1N. The third-order valence-electron chi connectivity index (χ3n) is 2.01. The van der Waals surface area contributed by atoms with Crippen molar-refractivity contribution in [1.82, 2.24) is 9.80 Å². The van der Waals surface area contributed by atoms with E-state index in [1.807, 2.05) is 0 Å². The van der Waals surface area contributed by atoms with E-state index in [1.165, 1.54) is 0 Å². The minimum atomic E-state index is -0.162. The van der Waals surface area contributed by atoms with Gasteiger partial charge in [0.25, 0.3) is 11.8 Å². The number of nitrogens with two attached hydrogens (primary N) is 2. The molecule has 0 bridgehead atoms. The summed E-state index contributed by atoms with van der Waals surface area (Å²) in [6.45, 7) is 0.650. The molecule has 2 aliphatic heterocycles. The molecule has 2 amide bonds. The Morgan fingerprint density at radius 2 is 1.25 bits per heavy atom. The van der Waals surface area contributed by atoms with Crippen molar-refractivity contribution < 1.29 is 9.59 Å². The Morgan fingerprint density at radius 1 is 0.938 bits per heavy atom. The largest absolute Gasteiger partial charge is 0.369 e. The number of guanidine groups is 2. The van der Waals surface area contributed by atoms with Crippen molar-refractivity contribution in [3.8, 4) is 0 Å². The zero-order valence-corrected chi connectivity index (χ0v) is 9.17. The number of rotatable bonds is 0. The predicted molar refractivity (Wildman–Crippen MR) is 58.5 cm³/mol. The fraction of sp³-hybridized carbons (Fsp3) is 0.500. The van der Waals surface area contributed by atoms with Crippen LogP contribution in [0.1, 0.15) is 0 Å². The number of aliphatic imine (C=N–C) groups is 2. The molecular weight excluding hydrogens is 212 g/mol. The van der Waals surface area contributed by atoms with Gasteiger partial charge in [-0.1, -0.05) is 0 Å². The fourth-order valence-corrected chi connectivity index (χ4v) is 1.06. The van der Waals surface area contributed by atoms with Crippen LogP contribution in [0, 0.1) is 0 Å². The minimum Gasteiger partial charge on any atom is -0.369 e. The molecular formula is C8H14N6O2. The maximum Gasteiger partial charge on any atom is 0.268 e. The van der Waals surface area contributed by atoms with E-state index in [1.54, 1.807) is 23.9 Å². The molecule has 2 aliphatic rings. The second kappa shape index (κ2) is 4.60. The summed E-state index contributed by atoms with van der Waals surface area (Å²) in [6, 6.07) is 0. The van der Waals surface area contributed by atoms with E-state index in [0.29, 0.717) is 25.0 Å². The average Bonchev–Trinajstić information content (AvgIpc) is 2.58. The highest BCUT2D eigenvalue weighted by molar-refractivity contribution is 6.00. The molecule has 0 saturated carbocycles. The Labute approximate surface area is 92.6 Å². The van der Waals surface area contributed by atoms with Gasteiger partial charge in [-0.05, 0) is 0 Å². The van der Waals surface area contributed by atoms with Gasteiger partial charge in [-0.25, -0.2) is 0 Å². The number of nitrogens with zero attached hydrogens (tertiary/aromatic N) is 4. The highest BCUT2D eigenvalue weighted by Crippen LogP contribution is 1.93. The van der Waals surface area contributed by atoms with Crippen LogP contribution < -0.4 is 11.5 Å². The van der Waals surface area contributed by atoms with Gasteiger partial charge in [0, 0.05) is 14.1 Å². The molecule has 0 unspecified atom stereocenters. The summed E-state index contributed by atoms with van der Waals surface area (Å²) in [5, 5.41) is 0. The minimum absolute atomic E-state index is 0.162. The summed E-state index contributed by atoms with van der Waals surface area (Å²) < 4.78 is 0. The summed E-state index contributed by atoms with van der Waals surface area (Å²) in [5.74, 6) is 0.306. The van der Waals surface area contributed by atoms with Gasteiger partial charge in [0.2, 0.25) is 0 Å². The van der Waals surface area contributed by atoms with Gasteiger partial charge in [0.1, 0.15) is 13.1 Å². The lowest BCUT2D eigenvalue weighted by atomic mass is 10.6. The Bertz CT molecular complexity index is 339. The smallest absolute Gasteiger partial charge is 0.268 e. The molecule has 2 heterocycles. The molecule has 4 N–H and O–H groups in total. The van der Waals surface area contributed by atoms with Crippen LogP contribution in [0.25, 0.3) is 0 Å². The maximum atomic E-state index is 10.4.